The average Bonchev–Trinajstić information content (AvgIpc) is 2.27. The number of benzene rings is 1. The smallest absolute Gasteiger partial charge is 0.328 e. The van der Waals surface area contributed by atoms with Crippen LogP contribution in [0.4, 0.5) is 4.39 Å². The summed E-state index contributed by atoms with van der Waals surface area (Å²) < 4.78 is 17.6. The summed E-state index contributed by atoms with van der Waals surface area (Å²) in [5.74, 6) is -1.47. The summed E-state index contributed by atoms with van der Waals surface area (Å²) in [6, 6.07) is 2.92. The maximum absolute atomic E-state index is 12.8. The minimum atomic E-state index is -0.760. The predicted octanol–water partition coefficient (Wildman–Crippen LogP) is 1.88. The van der Waals surface area contributed by atoms with Crippen molar-refractivity contribution >= 4 is 27.8 Å². The zero-order chi connectivity index (χ0) is 13.0. The molecule has 1 aromatic rings. The van der Waals surface area contributed by atoms with Crippen LogP contribution in [0.5, 0.6) is 0 Å². The lowest BCUT2D eigenvalue weighted by Crippen LogP contribution is -2.39. The van der Waals surface area contributed by atoms with Gasteiger partial charge in [-0.3, -0.25) is 4.79 Å². The van der Waals surface area contributed by atoms with E-state index in [9.17, 15) is 14.0 Å². The molecule has 0 aliphatic heterocycles. The quantitative estimate of drug-likeness (QED) is 0.868. The molecule has 1 aromatic carbocycles. The van der Waals surface area contributed by atoms with Crippen LogP contribution in [-0.2, 0) is 9.53 Å². The number of amides is 1. The molecule has 0 bridgehead atoms. The largest absolute Gasteiger partial charge is 0.467 e. The van der Waals surface area contributed by atoms with Gasteiger partial charge in [-0.25, -0.2) is 9.18 Å². The molecule has 0 spiro atoms. The van der Waals surface area contributed by atoms with E-state index in [2.05, 4.69) is 26.0 Å². The Morgan fingerprint density at radius 1 is 1.47 bits per heavy atom. The number of methoxy groups -OCH3 is 1. The second kappa shape index (κ2) is 5.77. The molecule has 0 aromatic heterocycles. The van der Waals surface area contributed by atoms with Gasteiger partial charge in [-0.1, -0.05) is 0 Å². The highest BCUT2D eigenvalue weighted by atomic mass is 79.9. The van der Waals surface area contributed by atoms with Crippen LogP contribution in [0.25, 0.3) is 0 Å². The molecule has 4 nitrogen and oxygen atoms in total. The fourth-order valence-corrected chi connectivity index (χ4v) is 1.71. The van der Waals surface area contributed by atoms with Crippen LogP contribution in [0, 0.1) is 5.82 Å². The molecule has 17 heavy (non-hydrogen) atoms. The first-order chi connectivity index (χ1) is 7.95. The van der Waals surface area contributed by atoms with Crippen molar-refractivity contribution in [2.24, 2.45) is 0 Å². The van der Waals surface area contributed by atoms with Gasteiger partial charge in [-0.15, -0.1) is 0 Å². The Morgan fingerprint density at radius 2 is 2.12 bits per heavy atom. The lowest BCUT2D eigenvalue weighted by molar-refractivity contribution is -0.142. The molecular formula is C11H11BrFNO3. The zero-order valence-corrected chi connectivity index (χ0v) is 10.9. The van der Waals surface area contributed by atoms with E-state index in [1.807, 2.05) is 0 Å². The van der Waals surface area contributed by atoms with Crippen LogP contribution in [0.1, 0.15) is 17.3 Å². The van der Waals surface area contributed by atoms with E-state index >= 15 is 0 Å². The molecule has 1 atom stereocenters. The third-order valence-corrected chi connectivity index (χ3v) is 2.73. The van der Waals surface area contributed by atoms with Crippen molar-refractivity contribution in [1.29, 1.82) is 0 Å². The van der Waals surface area contributed by atoms with Gasteiger partial charge in [0, 0.05) is 4.47 Å². The maximum Gasteiger partial charge on any atom is 0.328 e. The Balaban J connectivity index is 2.80. The Morgan fingerprint density at radius 3 is 2.65 bits per heavy atom. The first-order valence-electron chi connectivity index (χ1n) is 4.79. The second-order valence-corrected chi connectivity index (χ2v) is 4.20. The Hall–Kier alpha value is -1.43. The topological polar surface area (TPSA) is 55.4 Å². The van der Waals surface area contributed by atoms with Crippen molar-refractivity contribution in [2.45, 2.75) is 13.0 Å². The van der Waals surface area contributed by atoms with Crippen molar-refractivity contribution in [3.05, 3.63) is 34.1 Å². The van der Waals surface area contributed by atoms with Gasteiger partial charge in [0.1, 0.15) is 11.9 Å². The molecule has 92 valence electrons. The van der Waals surface area contributed by atoms with Gasteiger partial charge in [-0.2, -0.15) is 0 Å². The third-order valence-electron chi connectivity index (χ3n) is 2.08. The summed E-state index contributed by atoms with van der Waals surface area (Å²) in [5.41, 5.74) is 0.252. The van der Waals surface area contributed by atoms with Gasteiger partial charge < -0.3 is 10.1 Å². The minimum absolute atomic E-state index is 0.252. The fourth-order valence-electron chi connectivity index (χ4n) is 1.18. The normalized spacial score (nSPS) is 11.8. The van der Waals surface area contributed by atoms with Crippen molar-refractivity contribution < 1.29 is 18.7 Å². The highest BCUT2D eigenvalue weighted by molar-refractivity contribution is 9.10. The molecule has 0 heterocycles. The first-order valence-corrected chi connectivity index (χ1v) is 5.58. The maximum atomic E-state index is 12.8. The fraction of sp³-hybridized carbons (Fsp3) is 0.273. The number of nitrogens with one attached hydrogen (secondary N) is 1. The molecule has 1 amide bonds. The van der Waals surface area contributed by atoms with Gasteiger partial charge in [0.2, 0.25) is 0 Å². The van der Waals surface area contributed by atoms with E-state index < -0.39 is 23.7 Å². The summed E-state index contributed by atoms with van der Waals surface area (Å²) in [4.78, 5) is 22.8. The number of hydrogen-bond donors (Lipinski definition) is 1. The summed E-state index contributed by atoms with van der Waals surface area (Å²) in [5, 5.41) is 2.44. The molecule has 0 fully saturated rings. The number of ether oxygens (including phenoxy) is 1. The van der Waals surface area contributed by atoms with Gasteiger partial charge in [0.05, 0.1) is 12.7 Å². The summed E-state index contributed by atoms with van der Waals surface area (Å²) in [6.45, 7) is 1.50. The van der Waals surface area contributed by atoms with Crippen LogP contribution < -0.4 is 5.32 Å². The molecule has 0 aliphatic rings. The number of esters is 1. The van der Waals surface area contributed by atoms with E-state index in [0.29, 0.717) is 4.47 Å². The van der Waals surface area contributed by atoms with Crippen molar-refractivity contribution in [1.82, 2.24) is 5.32 Å². The summed E-state index contributed by atoms with van der Waals surface area (Å²) in [6.07, 6.45) is 0. The summed E-state index contributed by atoms with van der Waals surface area (Å²) in [7, 11) is 1.23. The lowest BCUT2D eigenvalue weighted by atomic mass is 10.2. The van der Waals surface area contributed by atoms with E-state index in [-0.39, 0.29) is 5.56 Å². The van der Waals surface area contributed by atoms with Gasteiger partial charge in [0.15, 0.2) is 0 Å². The van der Waals surface area contributed by atoms with Crippen LogP contribution in [-0.4, -0.2) is 25.0 Å². The molecule has 0 saturated heterocycles. The van der Waals surface area contributed by atoms with Crippen LogP contribution in [0.3, 0.4) is 0 Å². The van der Waals surface area contributed by atoms with Crippen LogP contribution in [0.2, 0.25) is 0 Å². The molecular weight excluding hydrogens is 293 g/mol. The van der Waals surface area contributed by atoms with E-state index in [1.165, 1.54) is 32.2 Å². The molecule has 0 radical (unpaired) electrons. The average molecular weight is 304 g/mol. The molecule has 0 saturated carbocycles. The van der Waals surface area contributed by atoms with Crippen LogP contribution in [0.15, 0.2) is 22.7 Å². The van der Waals surface area contributed by atoms with E-state index in [1.54, 1.807) is 0 Å². The molecule has 1 N–H and O–H groups in total. The molecule has 6 heteroatoms. The molecule has 0 aliphatic carbocycles. The standard InChI is InChI=1S/C11H11BrFNO3/c1-6(11(16)17-2)14-10(15)8-4-3-7(13)5-9(8)12/h3-6H,1-2H3,(H,14,15)/t6-/m0/s1. The Kier molecular flexibility index (Phi) is 4.62. The Labute approximate surface area is 106 Å². The highest BCUT2D eigenvalue weighted by Crippen LogP contribution is 2.17. The number of carbonyl (C=O) groups is 2. The van der Waals surface area contributed by atoms with E-state index in [4.69, 9.17) is 0 Å². The van der Waals surface area contributed by atoms with Crippen molar-refractivity contribution in [3.63, 3.8) is 0 Å². The van der Waals surface area contributed by atoms with Crippen LogP contribution >= 0.6 is 15.9 Å². The SMILES string of the molecule is COC(=O)[C@H](C)NC(=O)c1ccc(F)cc1Br. The van der Waals surface area contributed by atoms with E-state index in [0.717, 1.165) is 0 Å². The predicted molar refractivity (Wildman–Crippen MR) is 63.0 cm³/mol. The number of halogens is 2. The van der Waals surface area contributed by atoms with Gasteiger partial charge >= 0.3 is 5.97 Å². The minimum Gasteiger partial charge on any atom is -0.467 e. The highest BCUT2D eigenvalue weighted by Gasteiger charge is 2.18. The first kappa shape index (κ1) is 13.6. The zero-order valence-electron chi connectivity index (χ0n) is 9.29. The molecule has 1 rings (SSSR count). The Bertz CT molecular complexity index is 450. The number of carbonyl (C=O) groups excluding carboxylic acids is 2. The monoisotopic (exact) mass is 303 g/mol. The number of hydrogen-bond acceptors (Lipinski definition) is 3. The third kappa shape index (κ3) is 3.52. The molecule has 0 unspecified atom stereocenters. The van der Waals surface area contributed by atoms with Crippen molar-refractivity contribution in [2.75, 3.05) is 7.11 Å². The lowest BCUT2D eigenvalue weighted by Gasteiger charge is -2.12. The van der Waals surface area contributed by atoms with Crippen molar-refractivity contribution in [3.8, 4) is 0 Å². The van der Waals surface area contributed by atoms with Gasteiger partial charge in [0.25, 0.3) is 5.91 Å². The van der Waals surface area contributed by atoms with Gasteiger partial charge in [-0.05, 0) is 41.1 Å². The second-order valence-electron chi connectivity index (χ2n) is 3.34. The summed E-state index contributed by atoms with van der Waals surface area (Å²) >= 11 is 3.07. The number of rotatable bonds is 3.